The minimum Gasteiger partial charge on any atom is -0.494 e. The van der Waals surface area contributed by atoms with Gasteiger partial charge in [-0.15, -0.1) is 5.11 Å². The fourth-order valence-electron chi connectivity index (χ4n) is 1.67. The van der Waals surface area contributed by atoms with Gasteiger partial charge in [0.15, 0.2) is 0 Å². The Hall–Kier alpha value is -2.25. The van der Waals surface area contributed by atoms with Gasteiger partial charge in [-0.2, -0.15) is 8.42 Å². The lowest BCUT2D eigenvalue weighted by atomic mass is 10.1. The first-order valence-electron chi connectivity index (χ1n) is 5.63. The topological polar surface area (TPSA) is 88.3 Å². The minimum absolute atomic E-state index is 0.214. The summed E-state index contributed by atoms with van der Waals surface area (Å²) in [6, 6.07) is 14.6. The van der Waals surface area contributed by atoms with E-state index >= 15 is 0 Å². The maximum absolute atomic E-state index is 10.6. The Kier molecular flexibility index (Phi) is 4.11. The fourth-order valence-corrected chi connectivity index (χ4v) is 1.87. The van der Waals surface area contributed by atoms with Crippen LogP contribution in [0.15, 0.2) is 58.2 Å². The van der Waals surface area contributed by atoms with Crippen LogP contribution < -0.4 is 4.74 Å². The summed E-state index contributed by atoms with van der Waals surface area (Å²) in [6.45, 7) is 0. The predicted octanol–water partition coefficient (Wildman–Crippen LogP) is 3.25. The summed E-state index contributed by atoms with van der Waals surface area (Å²) in [6.07, 6.45) is 0. The van der Waals surface area contributed by atoms with E-state index in [9.17, 15) is 8.42 Å². The molecule has 20 heavy (non-hydrogen) atoms. The Morgan fingerprint density at radius 1 is 1.05 bits per heavy atom. The highest BCUT2D eigenvalue weighted by atomic mass is 32.2. The van der Waals surface area contributed by atoms with Crippen molar-refractivity contribution in [3.05, 3.63) is 48.5 Å². The molecular weight excluding hydrogens is 280 g/mol. The van der Waals surface area contributed by atoms with Crippen LogP contribution in [0.5, 0.6) is 5.75 Å². The molecule has 0 aromatic heterocycles. The van der Waals surface area contributed by atoms with Gasteiger partial charge in [-0.25, -0.2) is 0 Å². The Bertz CT molecular complexity index is 727. The van der Waals surface area contributed by atoms with Crippen molar-refractivity contribution in [1.29, 1.82) is 0 Å². The Balaban J connectivity index is 2.47. The van der Waals surface area contributed by atoms with Crippen LogP contribution in [0.4, 0.5) is 5.69 Å². The molecule has 0 radical (unpaired) electrons. The average Bonchev–Trinajstić information content (AvgIpc) is 2.45. The van der Waals surface area contributed by atoms with Crippen LogP contribution in [0.2, 0.25) is 0 Å². The van der Waals surface area contributed by atoms with Gasteiger partial charge in [0.05, 0.1) is 7.11 Å². The standard InChI is InChI=1S/C13H12N2O4S/c1-19-13-8-7-11(10-5-3-2-4-6-10)9-12(13)14-15-20(16,17)18/h2-9H,1H3,(H,16,17,18). The number of rotatable bonds is 4. The van der Waals surface area contributed by atoms with Crippen molar-refractivity contribution in [2.24, 2.45) is 9.63 Å². The third kappa shape index (κ3) is 3.62. The van der Waals surface area contributed by atoms with Crippen molar-refractivity contribution in [2.75, 3.05) is 7.11 Å². The second kappa shape index (κ2) is 5.81. The van der Waals surface area contributed by atoms with E-state index in [-0.39, 0.29) is 5.69 Å². The van der Waals surface area contributed by atoms with Crippen LogP contribution in [0, 0.1) is 0 Å². The van der Waals surface area contributed by atoms with Gasteiger partial charge in [0.25, 0.3) is 0 Å². The molecule has 0 unspecified atom stereocenters. The van der Waals surface area contributed by atoms with Crippen molar-refractivity contribution < 1.29 is 17.7 Å². The number of methoxy groups -OCH3 is 1. The molecule has 6 nitrogen and oxygen atoms in total. The molecule has 7 heteroatoms. The minimum atomic E-state index is -4.52. The second-order valence-corrected chi connectivity index (χ2v) is 4.94. The van der Waals surface area contributed by atoms with Gasteiger partial charge in [-0.1, -0.05) is 36.4 Å². The molecule has 0 aliphatic heterocycles. The van der Waals surface area contributed by atoms with Gasteiger partial charge in [-0.3, -0.25) is 4.55 Å². The Morgan fingerprint density at radius 2 is 1.75 bits per heavy atom. The molecule has 0 spiro atoms. The fraction of sp³-hybridized carbons (Fsp3) is 0.0769. The number of ether oxygens (including phenoxy) is 1. The summed E-state index contributed by atoms with van der Waals surface area (Å²) in [4.78, 5) is 0. The molecule has 2 rings (SSSR count). The van der Waals surface area contributed by atoms with Gasteiger partial charge in [0, 0.05) is 0 Å². The van der Waals surface area contributed by atoms with Crippen molar-refractivity contribution in [3.63, 3.8) is 0 Å². The zero-order valence-electron chi connectivity index (χ0n) is 10.6. The molecule has 0 saturated heterocycles. The first-order valence-corrected chi connectivity index (χ1v) is 7.03. The van der Waals surface area contributed by atoms with E-state index in [1.165, 1.54) is 7.11 Å². The molecule has 0 amide bonds. The molecule has 104 valence electrons. The zero-order valence-corrected chi connectivity index (χ0v) is 11.4. The third-order valence-electron chi connectivity index (χ3n) is 2.54. The lowest BCUT2D eigenvalue weighted by Crippen LogP contribution is -1.89. The summed E-state index contributed by atoms with van der Waals surface area (Å²) in [5, 5.41) is 3.50. The first kappa shape index (κ1) is 14.2. The predicted molar refractivity (Wildman–Crippen MR) is 74.5 cm³/mol. The lowest BCUT2D eigenvalue weighted by Gasteiger charge is -2.06. The highest BCUT2D eigenvalue weighted by Crippen LogP contribution is 2.33. The van der Waals surface area contributed by atoms with E-state index in [2.05, 4.69) is 9.63 Å². The molecule has 0 heterocycles. The van der Waals surface area contributed by atoms with E-state index in [1.807, 2.05) is 36.4 Å². The van der Waals surface area contributed by atoms with E-state index in [4.69, 9.17) is 9.29 Å². The molecule has 0 fully saturated rings. The van der Waals surface area contributed by atoms with E-state index in [1.54, 1.807) is 12.1 Å². The largest absolute Gasteiger partial charge is 0.494 e. The maximum Gasteiger partial charge on any atom is 0.396 e. The summed E-state index contributed by atoms with van der Waals surface area (Å²) >= 11 is 0. The molecule has 0 aliphatic rings. The van der Waals surface area contributed by atoms with Crippen molar-refractivity contribution >= 4 is 16.0 Å². The van der Waals surface area contributed by atoms with Gasteiger partial charge in [0.1, 0.15) is 11.4 Å². The number of benzene rings is 2. The molecule has 0 aliphatic carbocycles. The van der Waals surface area contributed by atoms with Crippen LogP contribution in [0.3, 0.4) is 0 Å². The molecule has 0 saturated carbocycles. The van der Waals surface area contributed by atoms with Gasteiger partial charge in [0.2, 0.25) is 0 Å². The molecule has 2 aromatic carbocycles. The first-order chi connectivity index (χ1) is 9.49. The highest BCUT2D eigenvalue weighted by Gasteiger charge is 2.07. The molecule has 1 N–H and O–H groups in total. The summed E-state index contributed by atoms with van der Waals surface area (Å²) in [5.74, 6) is 0.358. The molecule has 0 atom stereocenters. The van der Waals surface area contributed by atoms with Crippen LogP contribution in [0.1, 0.15) is 0 Å². The summed E-state index contributed by atoms with van der Waals surface area (Å²) < 4.78 is 37.7. The van der Waals surface area contributed by atoms with Crippen LogP contribution in [-0.2, 0) is 10.3 Å². The molecular formula is C13H12N2O4S. The quantitative estimate of drug-likeness (QED) is 0.692. The summed E-state index contributed by atoms with van der Waals surface area (Å²) in [7, 11) is -3.09. The van der Waals surface area contributed by atoms with E-state index in [0.29, 0.717) is 5.75 Å². The van der Waals surface area contributed by atoms with Crippen molar-refractivity contribution in [1.82, 2.24) is 0 Å². The van der Waals surface area contributed by atoms with Gasteiger partial charge < -0.3 is 4.74 Å². The number of hydrogen-bond acceptors (Lipinski definition) is 4. The Labute approximate surface area is 116 Å². The zero-order chi connectivity index (χ0) is 14.6. The second-order valence-electron chi connectivity index (χ2n) is 3.88. The summed E-state index contributed by atoms with van der Waals surface area (Å²) in [5.41, 5.74) is 1.99. The lowest BCUT2D eigenvalue weighted by molar-refractivity contribution is 0.416. The molecule has 0 bridgehead atoms. The maximum atomic E-state index is 10.6. The van der Waals surface area contributed by atoms with Crippen molar-refractivity contribution in [2.45, 2.75) is 0 Å². The normalized spacial score (nSPS) is 11.7. The SMILES string of the molecule is COc1ccc(-c2ccccc2)cc1N=NS(=O)(=O)O. The number of hydrogen-bond donors (Lipinski definition) is 1. The van der Waals surface area contributed by atoms with Gasteiger partial charge >= 0.3 is 10.3 Å². The van der Waals surface area contributed by atoms with Crippen LogP contribution in [0.25, 0.3) is 11.1 Å². The molecule has 2 aromatic rings. The van der Waals surface area contributed by atoms with Crippen molar-refractivity contribution in [3.8, 4) is 16.9 Å². The number of nitrogens with zero attached hydrogens (tertiary/aromatic N) is 2. The highest BCUT2D eigenvalue weighted by molar-refractivity contribution is 7.84. The van der Waals surface area contributed by atoms with E-state index < -0.39 is 10.3 Å². The monoisotopic (exact) mass is 292 g/mol. The smallest absolute Gasteiger partial charge is 0.396 e. The van der Waals surface area contributed by atoms with Gasteiger partial charge in [-0.05, 0) is 27.8 Å². The van der Waals surface area contributed by atoms with Crippen LogP contribution >= 0.6 is 0 Å². The Morgan fingerprint density at radius 3 is 2.35 bits per heavy atom. The third-order valence-corrected chi connectivity index (χ3v) is 2.83. The average molecular weight is 292 g/mol. The van der Waals surface area contributed by atoms with E-state index in [0.717, 1.165) is 11.1 Å². The van der Waals surface area contributed by atoms with Crippen LogP contribution in [-0.4, -0.2) is 20.1 Å².